The van der Waals surface area contributed by atoms with Gasteiger partial charge in [-0.05, 0) is 29.8 Å². The van der Waals surface area contributed by atoms with Crippen LogP contribution in [0.15, 0.2) is 53.4 Å². The topological polar surface area (TPSA) is 69.6 Å². The van der Waals surface area contributed by atoms with Crippen LogP contribution in [0, 0.1) is 6.92 Å². The van der Waals surface area contributed by atoms with E-state index in [0.29, 0.717) is 36.9 Å². The molecule has 7 nitrogen and oxygen atoms in total. The summed E-state index contributed by atoms with van der Waals surface area (Å²) in [7, 11) is 0.365. The lowest BCUT2D eigenvalue weighted by molar-refractivity contribution is 0.383. The largest absolute Gasteiger partial charge is 0.363 e. The number of aryl methyl sites for hydroxylation is 1. The molecule has 8 heteroatoms. The van der Waals surface area contributed by atoms with Crippen molar-refractivity contribution in [1.29, 1.82) is 0 Å². The van der Waals surface area contributed by atoms with E-state index in [9.17, 15) is 8.42 Å². The van der Waals surface area contributed by atoms with E-state index in [-0.39, 0.29) is 0 Å². The maximum absolute atomic E-state index is 13.1. The zero-order valence-corrected chi connectivity index (χ0v) is 17.7. The quantitative estimate of drug-likeness (QED) is 0.657. The summed E-state index contributed by atoms with van der Waals surface area (Å²) in [6.45, 7) is 3.91. The van der Waals surface area contributed by atoms with Crippen molar-refractivity contribution in [3.8, 4) is 0 Å². The first-order chi connectivity index (χ1) is 13.8. The second-order valence-electron chi connectivity index (χ2n) is 7.43. The van der Waals surface area contributed by atoms with Crippen molar-refractivity contribution in [2.45, 2.75) is 11.8 Å². The molecular weight excluding hydrogens is 386 g/mol. The SMILES string of the molecule is Cc1nc(N(C)C)cc(N2CCN(S(=O)(=O)c3ccc4ccccc4c3)CC2)n1. The number of aromatic nitrogens is 2. The molecule has 1 aromatic heterocycles. The van der Waals surface area contributed by atoms with Gasteiger partial charge in [0, 0.05) is 46.3 Å². The van der Waals surface area contributed by atoms with E-state index in [4.69, 9.17) is 0 Å². The average Bonchev–Trinajstić information content (AvgIpc) is 2.73. The van der Waals surface area contributed by atoms with Crippen LogP contribution in [0.1, 0.15) is 5.82 Å². The van der Waals surface area contributed by atoms with Crippen molar-refractivity contribution in [3.05, 3.63) is 54.4 Å². The van der Waals surface area contributed by atoms with Gasteiger partial charge in [-0.1, -0.05) is 30.3 Å². The lowest BCUT2D eigenvalue weighted by atomic mass is 10.1. The van der Waals surface area contributed by atoms with E-state index >= 15 is 0 Å². The third-order valence-corrected chi connectivity index (χ3v) is 7.09. The van der Waals surface area contributed by atoms with E-state index in [1.54, 1.807) is 16.4 Å². The number of anilines is 2. The highest BCUT2D eigenvalue weighted by Crippen LogP contribution is 2.24. The average molecular weight is 412 g/mol. The number of benzene rings is 2. The highest BCUT2D eigenvalue weighted by atomic mass is 32.2. The molecule has 29 heavy (non-hydrogen) atoms. The Bertz CT molecular complexity index is 1140. The van der Waals surface area contributed by atoms with Crippen molar-refractivity contribution in [2.24, 2.45) is 0 Å². The first kappa shape index (κ1) is 19.6. The summed E-state index contributed by atoms with van der Waals surface area (Å²) >= 11 is 0. The molecule has 4 rings (SSSR count). The summed E-state index contributed by atoms with van der Waals surface area (Å²) in [5, 5.41) is 1.96. The lowest BCUT2D eigenvalue weighted by Crippen LogP contribution is -2.49. The van der Waals surface area contributed by atoms with Crippen LogP contribution in [-0.4, -0.2) is 63.0 Å². The van der Waals surface area contributed by atoms with Gasteiger partial charge in [-0.3, -0.25) is 0 Å². The van der Waals surface area contributed by atoms with E-state index < -0.39 is 10.0 Å². The van der Waals surface area contributed by atoms with Crippen molar-refractivity contribution in [2.75, 3.05) is 50.1 Å². The summed E-state index contributed by atoms with van der Waals surface area (Å²) in [6, 6.07) is 15.1. The van der Waals surface area contributed by atoms with Crippen molar-refractivity contribution in [3.63, 3.8) is 0 Å². The van der Waals surface area contributed by atoms with E-state index in [2.05, 4.69) is 14.9 Å². The molecule has 1 fully saturated rings. The molecule has 1 aliphatic rings. The molecule has 0 unspecified atom stereocenters. The first-order valence-corrected chi connectivity index (χ1v) is 11.1. The Kier molecular flexibility index (Phi) is 5.14. The molecule has 0 saturated carbocycles. The molecule has 1 aliphatic heterocycles. The van der Waals surface area contributed by atoms with Gasteiger partial charge < -0.3 is 9.80 Å². The van der Waals surface area contributed by atoms with Crippen LogP contribution in [0.25, 0.3) is 10.8 Å². The summed E-state index contributed by atoms with van der Waals surface area (Å²) in [5.41, 5.74) is 0. The number of hydrogen-bond acceptors (Lipinski definition) is 6. The van der Waals surface area contributed by atoms with Gasteiger partial charge in [-0.25, -0.2) is 18.4 Å². The molecule has 0 amide bonds. The fourth-order valence-electron chi connectivity index (χ4n) is 3.56. The van der Waals surface area contributed by atoms with Crippen LogP contribution in [0.5, 0.6) is 0 Å². The van der Waals surface area contributed by atoms with Gasteiger partial charge in [-0.2, -0.15) is 4.31 Å². The number of sulfonamides is 1. The molecule has 3 aromatic rings. The second-order valence-corrected chi connectivity index (χ2v) is 9.36. The van der Waals surface area contributed by atoms with Crippen molar-refractivity contribution >= 4 is 32.4 Å². The smallest absolute Gasteiger partial charge is 0.243 e. The Balaban J connectivity index is 1.53. The molecule has 152 valence electrons. The van der Waals surface area contributed by atoms with Gasteiger partial charge in [0.15, 0.2) is 0 Å². The fourth-order valence-corrected chi connectivity index (χ4v) is 5.02. The Hall–Kier alpha value is -2.71. The van der Waals surface area contributed by atoms with Gasteiger partial charge in [0.05, 0.1) is 4.90 Å². The van der Waals surface area contributed by atoms with Gasteiger partial charge >= 0.3 is 0 Å². The molecule has 0 atom stereocenters. The lowest BCUT2D eigenvalue weighted by Gasteiger charge is -2.35. The highest BCUT2D eigenvalue weighted by molar-refractivity contribution is 7.89. The first-order valence-electron chi connectivity index (χ1n) is 9.61. The Morgan fingerprint density at radius 1 is 0.897 bits per heavy atom. The van der Waals surface area contributed by atoms with E-state index in [1.807, 2.05) is 62.3 Å². The third kappa shape index (κ3) is 3.90. The van der Waals surface area contributed by atoms with E-state index in [1.165, 1.54) is 0 Å². The molecule has 1 saturated heterocycles. The molecule has 0 radical (unpaired) electrons. The van der Waals surface area contributed by atoms with Crippen molar-refractivity contribution < 1.29 is 8.42 Å². The Morgan fingerprint density at radius 3 is 2.28 bits per heavy atom. The minimum absolute atomic E-state index is 0.345. The summed E-state index contributed by atoms with van der Waals surface area (Å²) < 4.78 is 27.9. The molecule has 0 aliphatic carbocycles. The molecule has 2 aromatic carbocycles. The zero-order valence-electron chi connectivity index (χ0n) is 16.9. The monoisotopic (exact) mass is 411 g/mol. The number of hydrogen-bond donors (Lipinski definition) is 0. The summed E-state index contributed by atoms with van der Waals surface area (Å²) in [6.07, 6.45) is 0. The normalized spacial score (nSPS) is 15.6. The highest BCUT2D eigenvalue weighted by Gasteiger charge is 2.29. The van der Waals surface area contributed by atoms with Crippen LogP contribution in [0.2, 0.25) is 0 Å². The van der Waals surface area contributed by atoms with E-state index in [0.717, 1.165) is 22.4 Å². The zero-order chi connectivity index (χ0) is 20.6. The van der Waals surface area contributed by atoms with Crippen LogP contribution in [0.4, 0.5) is 11.6 Å². The molecular formula is C21H25N5O2S. The van der Waals surface area contributed by atoms with Crippen LogP contribution >= 0.6 is 0 Å². The fraction of sp³-hybridized carbons (Fsp3) is 0.333. The van der Waals surface area contributed by atoms with Crippen LogP contribution in [-0.2, 0) is 10.0 Å². The number of fused-ring (bicyclic) bond motifs is 1. The predicted octanol–water partition coefficient (Wildman–Crippen LogP) is 2.52. The van der Waals surface area contributed by atoms with Crippen LogP contribution in [0.3, 0.4) is 0 Å². The van der Waals surface area contributed by atoms with Gasteiger partial charge in [0.25, 0.3) is 0 Å². The summed E-state index contributed by atoms with van der Waals surface area (Å²) in [4.78, 5) is 13.4. The molecule has 0 N–H and O–H groups in total. The van der Waals surface area contributed by atoms with Crippen molar-refractivity contribution in [1.82, 2.24) is 14.3 Å². The standard InChI is InChI=1S/C21H25N5O2S/c1-16-22-20(24(2)3)15-21(23-16)25-10-12-26(13-11-25)29(27,28)19-9-8-17-6-4-5-7-18(17)14-19/h4-9,14-15H,10-13H2,1-3H3. The second kappa shape index (κ2) is 7.61. The van der Waals surface area contributed by atoms with Gasteiger partial charge in [-0.15, -0.1) is 0 Å². The third-order valence-electron chi connectivity index (χ3n) is 5.19. The number of nitrogens with zero attached hydrogens (tertiary/aromatic N) is 5. The van der Waals surface area contributed by atoms with Gasteiger partial charge in [0.1, 0.15) is 17.5 Å². The molecule has 0 spiro atoms. The molecule has 0 bridgehead atoms. The Morgan fingerprint density at radius 2 is 1.59 bits per heavy atom. The predicted molar refractivity (Wildman–Crippen MR) is 116 cm³/mol. The minimum atomic E-state index is -3.52. The Labute approximate surface area is 171 Å². The van der Waals surface area contributed by atoms with Gasteiger partial charge in [0.2, 0.25) is 10.0 Å². The number of piperazine rings is 1. The number of rotatable bonds is 4. The molecule has 2 heterocycles. The summed E-state index contributed by atoms with van der Waals surface area (Å²) in [5.74, 6) is 2.39. The van der Waals surface area contributed by atoms with Crippen LogP contribution < -0.4 is 9.80 Å². The maximum atomic E-state index is 13.1. The maximum Gasteiger partial charge on any atom is 0.243 e. The minimum Gasteiger partial charge on any atom is -0.363 e.